The molecule has 1 aliphatic heterocycles. The Labute approximate surface area is 95.8 Å². The van der Waals surface area contributed by atoms with E-state index in [0.717, 1.165) is 19.3 Å². The molecular weight excluding hydrogens is 208 g/mol. The first-order chi connectivity index (χ1) is 7.40. The van der Waals surface area contributed by atoms with Crippen molar-refractivity contribution >= 4 is 11.8 Å². The van der Waals surface area contributed by atoms with Crippen LogP contribution in [0.2, 0.25) is 0 Å². The highest BCUT2D eigenvalue weighted by Gasteiger charge is 2.24. The molecule has 1 heterocycles. The number of rotatable bonds is 2. The Morgan fingerprint density at radius 2 is 1.81 bits per heavy atom. The van der Waals surface area contributed by atoms with Crippen molar-refractivity contribution in [3.63, 3.8) is 0 Å². The normalized spacial score (nSPS) is 17.1. The van der Waals surface area contributed by atoms with Gasteiger partial charge in [-0.15, -0.1) is 0 Å². The largest absolute Gasteiger partial charge is 0.389 e. The van der Waals surface area contributed by atoms with Crippen LogP contribution in [0.3, 0.4) is 0 Å². The number of nitrogens with one attached hydrogen (secondary N) is 1. The van der Waals surface area contributed by atoms with E-state index in [4.69, 9.17) is 0 Å². The Kier molecular flexibility index (Phi) is 4.29. The van der Waals surface area contributed by atoms with Crippen LogP contribution in [0, 0.1) is 0 Å². The Morgan fingerprint density at radius 1 is 1.25 bits per heavy atom. The first-order valence-corrected chi connectivity index (χ1v) is 5.70. The van der Waals surface area contributed by atoms with Gasteiger partial charge < -0.3 is 15.3 Å². The molecule has 5 heteroatoms. The van der Waals surface area contributed by atoms with Crippen molar-refractivity contribution < 1.29 is 14.7 Å². The molecule has 92 valence electrons. The van der Waals surface area contributed by atoms with Gasteiger partial charge in [-0.3, -0.25) is 9.59 Å². The van der Waals surface area contributed by atoms with Crippen LogP contribution < -0.4 is 5.32 Å². The number of aliphatic hydroxyl groups is 1. The summed E-state index contributed by atoms with van der Waals surface area (Å²) in [6.07, 6.45) is 3.05. The minimum absolute atomic E-state index is 0.0887. The number of carbonyl (C=O) groups is 2. The van der Waals surface area contributed by atoms with Crippen molar-refractivity contribution in [2.75, 3.05) is 19.6 Å². The molecule has 0 aromatic carbocycles. The third-order valence-corrected chi connectivity index (χ3v) is 2.52. The maximum absolute atomic E-state index is 11.6. The first kappa shape index (κ1) is 13.0. The first-order valence-electron chi connectivity index (χ1n) is 5.70. The van der Waals surface area contributed by atoms with Crippen LogP contribution in [0.1, 0.15) is 33.1 Å². The second-order valence-corrected chi connectivity index (χ2v) is 4.85. The highest BCUT2D eigenvalue weighted by atomic mass is 16.3. The van der Waals surface area contributed by atoms with E-state index in [1.54, 1.807) is 18.7 Å². The average molecular weight is 228 g/mol. The van der Waals surface area contributed by atoms with Gasteiger partial charge in [-0.1, -0.05) is 0 Å². The third-order valence-electron chi connectivity index (χ3n) is 2.52. The second-order valence-electron chi connectivity index (χ2n) is 4.85. The van der Waals surface area contributed by atoms with Crippen molar-refractivity contribution in [1.29, 1.82) is 0 Å². The predicted octanol–water partition coefficient (Wildman–Crippen LogP) is -0.114. The zero-order valence-corrected chi connectivity index (χ0v) is 9.95. The minimum Gasteiger partial charge on any atom is -0.389 e. The molecule has 2 amide bonds. The molecule has 1 fully saturated rings. The maximum Gasteiger partial charge on any atom is 0.311 e. The molecule has 0 aliphatic carbocycles. The number of hydrogen-bond acceptors (Lipinski definition) is 3. The van der Waals surface area contributed by atoms with Gasteiger partial charge in [0.2, 0.25) is 0 Å². The fraction of sp³-hybridized carbons (Fsp3) is 0.818. The molecule has 0 atom stereocenters. The average Bonchev–Trinajstić information content (AvgIpc) is 2.25. The molecule has 0 aromatic heterocycles. The van der Waals surface area contributed by atoms with Crippen LogP contribution in [-0.4, -0.2) is 47.1 Å². The molecule has 0 saturated carbocycles. The Balaban J connectivity index is 2.38. The van der Waals surface area contributed by atoms with E-state index in [2.05, 4.69) is 5.32 Å². The summed E-state index contributed by atoms with van der Waals surface area (Å²) in [6, 6.07) is 0. The van der Waals surface area contributed by atoms with E-state index in [1.165, 1.54) is 0 Å². The van der Waals surface area contributed by atoms with Gasteiger partial charge in [-0.2, -0.15) is 0 Å². The summed E-state index contributed by atoms with van der Waals surface area (Å²) in [5, 5.41) is 11.9. The fourth-order valence-corrected chi connectivity index (χ4v) is 1.61. The quantitative estimate of drug-likeness (QED) is 0.648. The molecule has 2 N–H and O–H groups in total. The Hall–Kier alpha value is -1.10. The van der Waals surface area contributed by atoms with Gasteiger partial charge in [-0.05, 0) is 33.1 Å². The maximum atomic E-state index is 11.6. The summed E-state index contributed by atoms with van der Waals surface area (Å²) >= 11 is 0. The molecule has 0 aromatic rings. The number of likely N-dealkylation sites (tertiary alicyclic amines) is 1. The number of nitrogens with zero attached hydrogens (tertiary/aromatic N) is 1. The van der Waals surface area contributed by atoms with E-state index in [1.807, 2.05) is 0 Å². The molecule has 0 unspecified atom stereocenters. The van der Waals surface area contributed by atoms with Crippen molar-refractivity contribution in [1.82, 2.24) is 10.2 Å². The zero-order chi connectivity index (χ0) is 12.2. The van der Waals surface area contributed by atoms with Gasteiger partial charge in [0.15, 0.2) is 0 Å². The lowest BCUT2D eigenvalue weighted by Crippen LogP contribution is -2.48. The van der Waals surface area contributed by atoms with Crippen LogP contribution in [-0.2, 0) is 9.59 Å². The van der Waals surface area contributed by atoms with E-state index in [0.29, 0.717) is 13.1 Å². The summed E-state index contributed by atoms with van der Waals surface area (Å²) in [7, 11) is 0. The number of hydrogen-bond donors (Lipinski definition) is 2. The van der Waals surface area contributed by atoms with Gasteiger partial charge in [0.1, 0.15) is 0 Å². The highest BCUT2D eigenvalue weighted by molar-refractivity contribution is 6.35. The van der Waals surface area contributed by atoms with E-state index in [-0.39, 0.29) is 6.54 Å². The monoisotopic (exact) mass is 228 g/mol. The lowest BCUT2D eigenvalue weighted by molar-refractivity contribution is -0.146. The Bertz CT molecular complexity index is 265. The van der Waals surface area contributed by atoms with E-state index >= 15 is 0 Å². The van der Waals surface area contributed by atoms with Crippen LogP contribution in [0.15, 0.2) is 0 Å². The van der Waals surface area contributed by atoms with E-state index in [9.17, 15) is 14.7 Å². The summed E-state index contributed by atoms with van der Waals surface area (Å²) in [6.45, 7) is 4.58. The zero-order valence-electron chi connectivity index (χ0n) is 9.95. The smallest absolute Gasteiger partial charge is 0.311 e. The summed E-state index contributed by atoms with van der Waals surface area (Å²) < 4.78 is 0. The number of piperidine rings is 1. The fourth-order valence-electron chi connectivity index (χ4n) is 1.61. The minimum atomic E-state index is -0.988. The molecule has 5 nitrogen and oxygen atoms in total. The van der Waals surface area contributed by atoms with Gasteiger partial charge in [0.25, 0.3) is 0 Å². The van der Waals surface area contributed by atoms with Crippen molar-refractivity contribution in [3.05, 3.63) is 0 Å². The molecule has 16 heavy (non-hydrogen) atoms. The number of amides is 2. The molecule has 1 saturated heterocycles. The standard InChI is InChI=1S/C11H20N2O3/c1-11(2,16)8-12-9(14)10(15)13-6-4-3-5-7-13/h16H,3-8H2,1-2H3,(H,12,14). The van der Waals surface area contributed by atoms with Crippen molar-refractivity contribution in [2.24, 2.45) is 0 Å². The molecule has 1 aliphatic rings. The summed E-state index contributed by atoms with van der Waals surface area (Å²) in [5.41, 5.74) is -0.988. The summed E-state index contributed by atoms with van der Waals surface area (Å²) in [4.78, 5) is 24.7. The van der Waals surface area contributed by atoms with Crippen LogP contribution in [0.5, 0.6) is 0 Å². The number of carbonyl (C=O) groups excluding carboxylic acids is 2. The SMILES string of the molecule is CC(C)(O)CNC(=O)C(=O)N1CCCCC1. The van der Waals surface area contributed by atoms with Gasteiger partial charge in [-0.25, -0.2) is 0 Å². The molecule has 0 spiro atoms. The molecular formula is C11H20N2O3. The van der Waals surface area contributed by atoms with Gasteiger partial charge >= 0.3 is 11.8 Å². The molecule has 0 radical (unpaired) electrons. The summed E-state index contributed by atoms with van der Waals surface area (Å²) in [5.74, 6) is -1.10. The van der Waals surface area contributed by atoms with Gasteiger partial charge in [0, 0.05) is 19.6 Å². The van der Waals surface area contributed by atoms with Crippen LogP contribution in [0.4, 0.5) is 0 Å². The van der Waals surface area contributed by atoms with Crippen LogP contribution >= 0.6 is 0 Å². The van der Waals surface area contributed by atoms with E-state index < -0.39 is 17.4 Å². The van der Waals surface area contributed by atoms with Crippen LogP contribution in [0.25, 0.3) is 0 Å². The van der Waals surface area contributed by atoms with Crippen molar-refractivity contribution in [3.8, 4) is 0 Å². The second kappa shape index (κ2) is 5.30. The Morgan fingerprint density at radius 3 is 2.31 bits per heavy atom. The molecule has 0 bridgehead atoms. The van der Waals surface area contributed by atoms with Gasteiger partial charge in [0.05, 0.1) is 5.60 Å². The lowest BCUT2D eigenvalue weighted by atomic mass is 10.1. The molecule has 1 rings (SSSR count). The highest BCUT2D eigenvalue weighted by Crippen LogP contribution is 2.08. The van der Waals surface area contributed by atoms with Crippen molar-refractivity contribution in [2.45, 2.75) is 38.7 Å². The topological polar surface area (TPSA) is 69.6 Å². The third kappa shape index (κ3) is 4.18. The lowest BCUT2D eigenvalue weighted by Gasteiger charge is -2.26. The predicted molar refractivity (Wildman–Crippen MR) is 59.7 cm³/mol.